The highest BCUT2D eigenvalue weighted by Gasteiger charge is 2.28. The summed E-state index contributed by atoms with van der Waals surface area (Å²) in [5.41, 5.74) is 0. The third-order valence-electron chi connectivity index (χ3n) is 4.16. The number of hydrogen-bond donors (Lipinski definition) is 2. The van der Waals surface area contributed by atoms with Crippen LogP contribution in [0.15, 0.2) is 30.3 Å². The quantitative estimate of drug-likeness (QED) is 0.217. The van der Waals surface area contributed by atoms with Gasteiger partial charge in [0.15, 0.2) is 0 Å². The number of carboxylic acids is 2. The third-order valence-corrected chi connectivity index (χ3v) is 4.88. The van der Waals surface area contributed by atoms with E-state index in [4.69, 9.17) is 19.7 Å². The van der Waals surface area contributed by atoms with Crippen molar-refractivity contribution in [3.8, 4) is 0 Å². The number of esters is 4. The van der Waals surface area contributed by atoms with E-state index >= 15 is 0 Å². The van der Waals surface area contributed by atoms with Gasteiger partial charge in [0.2, 0.25) is 0 Å². The zero-order valence-electron chi connectivity index (χ0n) is 21.5. The van der Waals surface area contributed by atoms with Gasteiger partial charge in [0.25, 0.3) is 0 Å². The standard InChI is InChI=1S/2C9H14O6.C6H5I/c2*1-5(9(12)13)8(15-7(3)11)4-14-6(2)10;7-6-4-2-1-3-5-6/h2*5,8H,4H2,1-3H3,(H,12,13);1-5H. The normalized spacial score (nSPS) is 12.8. The van der Waals surface area contributed by atoms with Crippen molar-refractivity contribution >= 4 is 58.4 Å². The Morgan fingerprint density at radius 1 is 0.676 bits per heavy atom. The maximum absolute atomic E-state index is 10.7. The van der Waals surface area contributed by atoms with Crippen molar-refractivity contribution in [1.29, 1.82) is 0 Å². The number of carboxylic acid groups (broad SMARTS) is 2. The molecule has 12 nitrogen and oxygen atoms in total. The Morgan fingerprint density at radius 3 is 1.19 bits per heavy atom. The molecular formula is C24H33IO12. The minimum atomic E-state index is -1.12. The van der Waals surface area contributed by atoms with E-state index in [1.807, 2.05) is 18.2 Å². The average Bonchev–Trinajstić information content (AvgIpc) is 2.79. The Hall–Kier alpha value is -3.23. The number of rotatable bonds is 10. The van der Waals surface area contributed by atoms with Crippen molar-refractivity contribution in [2.45, 2.75) is 53.8 Å². The van der Waals surface area contributed by atoms with E-state index in [0.29, 0.717) is 0 Å². The first-order chi connectivity index (χ1) is 17.1. The fourth-order valence-electron chi connectivity index (χ4n) is 2.12. The van der Waals surface area contributed by atoms with E-state index in [1.165, 1.54) is 31.3 Å². The number of aliphatic carboxylic acids is 2. The lowest BCUT2D eigenvalue weighted by atomic mass is 10.1. The largest absolute Gasteiger partial charge is 0.481 e. The zero-order chi connectivity index (χ0) is 29.1. The van der Waals surface area contributed by atoms with Crippen molar-refractivity contribution in [3.63, 3.8) is 0 Å². The van der Waals surface area contributed by atoms with E-state index in [9.17, 15) is 28.8 Å². The molecule has 0 bridgehead atoms. The van der Waals surface area contributed by atoms with Crippen molar-refractivity contribution in [1.82, 2.24) is 0 Å². The van der Waals surface area contributed by atoms with Crippen LogP contribution in [0.25, 0.3) is 0 Å². The minimum absolute atomic E-state index is 0.248. The molecule has 0 aliphatic rings. The second-order valence-electron chi connectivity index (χ2n) is 7.45. The first-order valence-electron chi connectivity index (χ1n) is 10.9. The Labute approximate surface area is 228 Å². The van der Waals surface area contributed by atoms with Crippen molar-refractivity contribution < 1.29 is 57.9 Å². The van der Waals surface area contributed by atoms with Crippen LogP contribution in [-0.2, 0) is 47.7 Å². The number of benzene rings is 1. The van der Waals surface area contributed by atoms with Gasteiger partial charge in [-0.25, -0.2) is 0 Å². The SMILES string of the molecule is CC(=O)OCC(OC(C)=O)C(C)C(=O)O.CC(=O)OCC(OC(C)=O)C(C)C(=O)O.Ic1ccccc1. The summed E-state index contributed by atoms with van der Waals surface area (Å²) in [4.78, 5) is 63.6. The van der Waals surface area contributed by atoms with Gasteiger partial charge in [-0.3, -0.25) is 28.8 Å². The average molecular weight is 640 g/mol. The lowest BCUT2D eigenvalue weighted by Crippen LogP contribution is -2.34. The summed E-state index contributed by atoms with van der Waals surface area (Å²) in [7, 11) is 0. The van der Waals surface area contributed by atoms with E-state index in [0.717, 1.165) is 13.8 Å². The molecule has 0 aliphatic heterocycles. The van der Waals surface area contributed by atoms with Crippen LogP contribution in [0.5, 0.6) is 0 Å². The fraction of sp³-hybridized carbons (Fsp3) is 0.500. The van der Waals surface area contributed by atoms with Crippen LogP contribution in [0.4, 0.5) is 0 Å². The number of halogens is 1. The maximum Gasteiger partial charge on any atom is 0.310 e. The molecular weight excluding hydrogens is 607 g/mol. The number of ether oxygens (including phenoxy) is 4. The molecule has 1 aromatic carbocycles. The Morgan fingerprint density at radius 2 is 1.00 bits per heavy atom. The summed E-state index contributed by atoms with van der Waals surface area (Å²) in [5, 5.41) is 17.4. The van der Waals surface area contributed by atoms with Crippen LogP contribution in [0.3, 0.4) is 0 Å². The molecule has 0 aliphatic carbocycles. The summed E-state index contributed by atoms with van der Waals surface area (Å²) in [6.07, 6.45) is -1.91. The molecule has 0 aromatic heterocycles. The van der Waals surface area contributed by atoms with Gasteiger partial charge in [-0.2, -0.15) is 0 Å². The van der Waals surface area contributed by atoms with E-state index in [-0.39, 0.29) is 13.2 Å². The van der Waals surface area contributed by atoms with Gasteiger partial charge in [-0.15, -0.1) is 0 Å². The van der Waals surface area contributed by atoms with E-state index in [2.05, 4.69) is 44.2 Å². The summed E-state index contributed by atoms with van der Waals surface area (Å²) < 4.78 is 19.9. The molecule has 4 atom stereocenters. The van der Waals surface area contributed by atoms with Crippen molar-refractivity contribution in [2.75, 3.05) is 13.2 Å². The second kappa shape index (κ2) is 19.9. The number of carbonyl (C=O) groups is 6. The monoisotopic (exact) mass is 640 g/mol. The van der Waals surface area contributed by atoms with Gasteiger partial charge in [0.1, 0.15) is 25.4 Å². The lowest BCUT2D eigenvalue weighted by molar-refractivity contribution is -0.165. The maximum atomic E-state index is 10.7. The van der Waals surface area contributed by atoms with Gasteiger partial charge in [0.05, 0.1) is 11.8 Å². The third kappa shape index (κ3) is 20.6. The molecule has 13 heteroatoms. The van der Waals surface area contributed by atoms with Crippen LogP contribution in [0.2, 0.25) is 0 Å². The molecule has 1 rings (SSSR count). The lowest BCUT2D eigenvalue weighted by Gasteiger charge is -2.19. The molecule has 0 saturated heterocycles. The topological polar surface area (TPSA) is 180 Å². The molecule has 208 valence electrons. The van der Waals surface area contributed by atoms with Crippen molar-refractivity contribution in [2.24, 2.45) is 11.8 Å². The van der Waals surface area contributed by atoms with E-state index in [1.54, 1.807) is 0 Å². The van der Waals surface area contributed by atoms with Gasteiger partial charge in [-0.1, -0.05) is 18.2 Å². The first-order valence-corrected chi connectivity index (χ1v) is 11.9. The van der Waals surface area contributed by atoms with Crippen LogP contribution < -0.4 is 0 Å². The highest BCUT2D eigenvalue weighted by molar-refractivity contribution is 14.1. The molecule has 2 N–H and O–H groups in total. The van der Waals surface area contributed by atoms with Crippen LogP contribution >= 0.6 is 22.6 Å². The molecule has 0 saturated carbocycles. The highest BCUT2D eigenvalue weighted by atomic mass is 127. The summed E-state index contributed by atoms with van der Waals surface area (Å²) >= 11 is 2.28. The van der Waals surface area contributed by atoms with Crippen LogP contribution in [-0.4, -0.2) is 71.5 Å². The smallest absolute Gasteiger partial charge is 0.310 e. The van der Waals surface area contributed by atoms with Gasteiger partial charge < -0.3 is 29.2 Å². The second-order valence-corrected chi connectivity index (χ2v) is 8.70. The summed E-state index contributed by atoms with van der Waals surface area (Å²) in [5.74, 6) is -6.40. The van der Waals surface area contributed by atoms with Gasteiger partial charge in [0, 0.05) is 31.3 Å². The fourth-order valence-corrected chi connectivity index (χ4v) is 2.53. The van der Waals surface area contributed by atoms with Gasteiger partial charge in [-0.05, 0) is 48.6 Å². The molecule has 0 radical (unpaired) electrons. The predicted octanol–water partition coefficient (Wildman–Crippen LogP) is 2.70. The number of carbonyl (C=O) groups excluding carboxylic acids is 4. The Balaban J connectivity index is 0. The predicted molar refractivity (Wildman–Crippen MR) is 137 cm³/mol. The number of hydrogen-bond acceptors (Lipinski definition) is 10. The molecule has 0 spiro atoms. The zero-order valence-corrected chi connectivity index (χ0v) is 23.6. The highest BCUT2D eigenvalue weighted by Crippen LogP contribution is 2.10. The van der Waals surface area contributed by atoms with Crippen molar-refractivity contribution in [3.05, 3.63) is 33.9 Å². The molecule has 0 heterocycles. The molecule has 4 unspecified atom stereocenters. The molecule has 37 heavy (non-hydrogen) atoms. The first kappa shape index (κ1) is 35.9. The van der Waals surface area contributed by atoms with Crippen LogP contribution in [0, 0.1) is 15.4 Å². The Kier molecular flexibility index (Phi) is 19.3. The van der Waals surface area contributed by atoms with Crippen LogP contribution in [0.1, 0.15) is 41.5 Å². The molecule has 1 aromatic rings. The summed E-state index contributed by atoms with van der Waals surface area (Å²) in [6.45, 7) is 6.96. The van der Waals surface area contributed by atoms with E-state index < -0.39 is 59.9 Å². The minimum Gasteiger partial charge on any atom is -0.481 e. The summed E-state index contributed by atoms with van der Waals surface area (Å²) in [6, 6.07) is 10.2. The van der Waals surface area contributed by atoms with Gasteiger partial charge >= 0.3 is 35.8 Å². The Bertz CT molecular complexity index is 833. The molecule has 0 amide bonds. The molecule has 0 fully saturated rings.